The number of amides is 2. The third-order valence-electron chi connectivity index (χ3n) is 2.81. The quantitative estimate of drug-likeness (QED) is 0.889. The summed E-state index contributed by atoms with van der Waals surface area (Å²) in [7, 11) is 1.48. The van der Waals surface area contributed by atoms with Crippen LogP contribution < -0.4 is 10.6 Å². The van der Waals surface area contributed by atoms with Crippen LogP contribution in [0.1, 0.15) is 27.7 Å². The molecular formula is C15H22N2O3. The molecule has 0 aliphatic heterocycles. The van der Waals surface area contributed by atoms with Crippen LogP contribution in [0, 0.1) is 5.41 Å². The number of methoxy groups -OCH3 is 1. The molecule has 0 saturated carbocycles. The molecule has 0 spiro atoms. The molecule has 5 heteroatoms. The van der Waals surface area contributed by atoms with Gasteiger partial charge in [-0.15, -0.1) is 0 Å². The first-order chi connectivity index (χ1) is 9.24. The van der Waals surface area contributed by atoms with E-state index in [0.717, 1.165) is 0 Å². The molecule has 1 rings (SSSR count). The highest BCUT2D eigenvalue weighted by Gasteiger charge is 2.21. The number of carbonyl (C=O) groups is 2. The van der Waals surface area contributed by atoms with Gasteiger partial charge in [0.25, 0.3) is 5.91 Å². The molecule has 2 N–H and O–H groups in total. The minimum absolute atomic E-state index is 0.0534. The van der Waals surface area contributed by atoms with Crippen molar-refractivity contribution < 1.29 is 14.3 Å². The fourth-order valence-electron chi connectivity index (χ4n) is 1.31. The fourth-order valence-corrected chi connectivity index (χ4v) is 1.31. The van der Waals surface area contributed by atoms with Gasteiger partial charge < -0.3 is 15.4 Å². The first-order valence-corrected chi connectivity index (χ1v) is 6.49. The number of rotatable bonds is 4. The fraction of sp³-hybridized carbons (Fsp3) is 0.467. The van der Waals surface area contributed by atoms with E-state index in [4.69, 9.17) is 4.74 Å². The normalized spacial score (nSPS) is 12.7. The van der Waals surface area contributed by atoms with Gasteiger partial charge in [0.1, 0.15) is 6.10 Å². The van der Waals surface area contributed by atoms with Gasteiger partial charge in [-0.25, -0.2) is 0 Å². The molecule has 0 radical (unpaired) electrons. The Morgan fingerprint density at radius 2 is 1.50 bits per heavy atom. The predicted molar refractivity (Wildman–Crippen MR) is 79.6 cm³/mol. The molecule has 2 amide bonds. The van der Waals surface area contributed by atoms with Crippen LogP contribution in [-0.4, -0.2) is 25.0 Å². The van der Waals surface area contributed by atoms with Gasteiger partial charge in [0.2, 0.25) is 5.91 Å². The lowest BCUT2D eigenvalue weighted by atomic mass is 9.95. The molecule has 110 valence electrons. The molecule has 0 aromatic heterocycles. The highest BCUT2D eigenvalue weighted by Crippen LogP contribution is 2.19. The molecule has 1 aromatic rings. The van der Waals surface area contributed by atoms with Crippen molar-refractivity contribution in [2.45, 2.75) is 33.8 Å². The lowest BCUT2D eigenvalue weighted by Crippen LogP contribution is -2.27. The lowest BCUT2D eigenvalue weighted by molar-refractivity contribution is -0.124. The maximum atomic E-state index is 11.8. The van der Waals surface area contributed by atoms with Gasteiger partial charge in [0, 0.05) is 23.9 Å². The van der Waals surface area contributed by atoms with E-state index >= 15 is 0 Å². The van der Waals surface area contributed by atoms with Crippen molar-refractivity contribution >= 4 is 23.2 Å². The number of hydrogen-bond donors (Lipinski definition) is 2. The monoisotopic (exact) mass is 278 g/mol. The number of nitrogens with one attached hydrogen (secondary N) is 2. The van der Waals surface area contributed by atoms with Crippen LogP contribution in [0.3, 0.4) is 0 Å². The van der Waals surface area contributed by atoms with E-state index in [1.165, 1.54) is 7.11 Å². The molecule has 5 nitrogen and oxygen atoms in total. The summed E-state index contributed by atoms with van der Waals surface area (Å²) in [5.41, 5.74) is 0.913. The van der Waals surface area contributed by atoms with Crippen LogP contribution >= 0.6 is 0 Å². The predicted octanol–water partition coefficient (Wildman–Crippen LogP) is 2.64. The highest BCUT2D eigenvalue weighted by atomic mass is 16.5. The Bertz CT molecular complexity index is 475. The Morgan fingerprint density at radius 1 is 1.05 bits per heavy atom. The number of anilines is 2. The van der Waals surface area contributed by atoms with Crippen molar-refractivity contribution in [3.8, 4) is 0 Å². The smallest absolute Gasteiger partial charge is 0.253 e. The molecular weight excluding hydrogens is 256 g/mol. The number of hydrogen-bond acceptors (Lipinski definition) is 3. The molecule has 0 bridgehead atoms. The first kappa shape index (κ1) is 16.2. The summed E-state index contributed by atoms with van der Waals surface area (Å²) in [6.45, 7) is 7.22. The van der Waals surface area contributed by atoms with Crippen LogP contribution in [0.15, 0.2) is 24.3 Å². The van der Waals surface area contributed by atoms with Gasteiger partial charge in [-0.3, -0.25) is 9.59 Å². The average Bonchev–Trinajstić information content (AvgIpc) is 2.38. The topological polar surface area (TPSA) is 67.4 Å². The summed E-state index contributed by atoms with van der Waals surface area (Å²) >= 11 is 0. The molecule has 0 aliphatic carbocycles. The maximum absolute atomic E-state index is 11.8. The Balaban J connectivity index is 2.65. The minimum Gasteiger partial charge on any atom is -0.372 e. The summed E-state index contributed by atoms with van der Waals surface area (Å²) in [5, 5.41) is 5.55. The average molecular weight is 278 g/mol. The largest absolute Gasteiger partial charge is 0.372 e. The van der Waals surface area contributed by atoms with Gasteiger partial charge in [-0.1, -0.05) is 20.8 Å². The summed E-state index contributed by atoms with van der Waals surface area (Å²) in [6, 6.07) is 6.96. The second-order valence-electron chi connectivity index (χ2n) is 5.65. The van der Waals surface area contributed by atoms with Crippen LogP contribution in [0.4, 0.5) is 11.4 Å². The summed E-state index contributed by atoms with van der Waals surface area (Å²) in [6.07, 6.45) is -0.504. The Hall–Kier alpha value is -1.88. The highest BCUT2D eigenvalue weighted by molar-refractivity contribution is 5.96. The van der Waals surface area contributed by atoms with Crippen molar-refractivity contribution in [3.63, 3.8) is 0 Å². The minimum atomic E-state index is -0.504. The molecule has 1 aromatic carbocycles. The molecule has 0 aliphatic rings. The van der Waals surface area contributed by atoms with Crippen LogP contribution in [0.5, 0.6) is 0 Å². The molecule has 1 unspecified atom stereocenters. The second-order valence-corrected chi connectivity index (χ2v) is 5.65. The van der Waals surface area contributed by atoms with Gasteiger partial charge >= 0.3 is 0 Å². The van der Waals surface area contributed by atoms with Crippen LogP contribution in [-0.2, 0) is 14.3 Å². The summed E-state index contributed by atoms with van der Waals surface area (Å²) in [5.74, 6) is -0.263. The van der Waals surface area contributed by atoms with Crippen molar-refractivity contribution in [2.75, 3.05) is 17.7 Å². The van der Waals surface area contributed by atoms with Crippen molar-refractivity contribution in [1.82, 2.24) is 0 Å². The van der Waals surface area contributed by atoms with Crippen molar-refractivity contribution in [1.29, 1.82) is 0 Å². The molecule has 0 fully saturated rings. The van der Waals surface area contributed by atoms with Crippen LogP contribution in [0.25, 0.3) is 0 Å². The standard InChI is InChI=1S/C15H22N2O3/c1-10(20-5)13(18)16-11-6-8-12(9-7-11)17-14(19)15(2,3)4/h6-10H,1-5H3,(H,16,18)(H,17,19). The van der Waals surface area contributed by atoms with Crippen molar-refractivity contribution in [3.05, 3.63) is 24.3 Å². The zero-order chi connectivity index (χ0) is 15.3. The van der Waals surface area contributed by atoms with E-state index in [-0.39, 0.29) is 11.8 Å². The zero-order valence-corrected chi connectivity index (χ0v) is 12.6. The number of ether oxygens (including phenoxy) is 1. The Morgan fingerprint density at radius 3 is 1.90 bits per heavy atom. The van der Waals surface area contributed by atoms with E-state index < -0.39 is 11.5 Å². The van der Waals surface area contributed by atoms with Gasteiger partial charge in [0.15, 0.2) is 0 Å². The number of carbonyl (C=O) groups excluding carboxylic acids is 2. The summed E-state index contributed by atoms with van der Waals surface area (Å²) in [4.78, 5) is 23.5. The molecule has 0 heterocycles. The SMILES string of the molecule is COC(C)C(=O)Nc1ccc(NC(=O)C(C)(C)C)cc1. The lowest BCUT2D eigenvalue weighted by Gasteiger charge is -2.18. The van der Waals surface area contributed by atoms with Gasteiger partial charge in [-0.2, -0.15) is 0 Å². The third-order valence-corrected chi connectivity index (χ3v) is 2.81. The Labute approximate surface area is 119 Å². The third kappa shape index (κ3) is 4.66. The Kier molecular flexibility index (Phi) is 5.27. The van der Waals surface area contributed by atoms with E-state index in [1.807, 2.05) is 20.8 Å². The maximum Gasteiger partial charge on any atom is 0.253 e. The van der Waals surface area contributed by atoms with Crippen LogP contribution in [0.2, 0.25) is 0 Å². The van der Waals surface area contributed by atoms with E-state index in [2.05, 4.69) is 10.6 Å². The molecule has 1 atom stereocenters. The second kappa shape index (κ2) is 6.52. The van der Waals surface area contributed by atoms with Gasteiger partial charge in [0.05, 0.1) is 0 Å². The van der Waals surface area contributed by atoms with E-state index in [1.54, 1.807) is 31.2 Å². The van der Waals surface area contributed by atoms with Crippen molar-refractivity contribution in [2.24, 2.45) is 5.41 Å². The summed E-state index contributed by atoms with van der Waals surface area (Å²) < 4.78 is 4.93. The zero-order valence-electron chi connectivity index (χ0n) is 12.6. The van der Waals surface area contributed by atoms with E-state index in [0.29, 0.717) is 11.4 Å². The van der Waals surface area contributed by atoms with E-state index in [9.17, 15) is 9.59 Å². The van der Waals surface area contributed by atoms with Gasteiger partial charge in [-0.05, 0) is 31.2 Å². The molecule has 20 heavy (non-hydrogen) atoms. The molecule has 0 saturated heterocycles. The first-order valence-electron chi connectivity index (χ1n) is 6.49. The number of benzene rings is 1.